The second-order valence-corrected chi connectivity index (χ2v) is 9.46. The molecule has 1 saturated carbocycles. The maximum atomic E-state index is 14.0. The van der Waals surface area contributed by atoms with E-state index in [2.05, 4.69) is 9.80 Å². The fourth-order valence-corrected chi connectivity index (χ4v) is 5.81. The molecule has 0 unspecified atom stereocenters. The first kappa shape index (κ1) is 20.7. The highest BCUT2D eigenvalue weighted by atomic mass is 32.2. The lowest BCUT2D eigenvalue weighted by atomic mass is 9.94. The third-order valence-electron chi connectivity index (χ3n) is 6.52. The van der Waals surface area contributed by atoms with Crippen molar-refractivity contribution < 1.29 is 14.0 Å². The van der Waals surface area contributed by atoms with Gasteiger partial charge in [-0.15, -0.1) is 0 Å². The number of carbonyl (C=O) groups is 2. The average Bonchev–Trinajstić information content (AvgIpc) is 3.29. The first-order valence-corrected chi connectivity index (χ1v) is 11.9. The summed E-state index contributed by atoms with van der Waals surface area (Å²) in [5, 5.41) is 0. The van der Waals surface area contributed by atoms with Crippen molar-refractivity contribution in [2.75, 3.05) is 50.8 Å². The van der Waals surface area contributed by atoms with Gasteiger partial charge >= 0.3 is 0 Å². The number of amides is 2. The monoisotopic (exact) mass is 419 g/mol. The van der Waals surface area contributed by atoms with E-state index in [0.717, 1.165) is 37.4 Å². The third-order valence-corrected chi connectivity index (χ3v) is 7.46. The van der Waals surface area contributed by atoms with Crippen molar-refractivity contribution in [2.45, 2.75) is 31.7 Å². The van der Waals surface area contributed by atoms with Gasteiger partial charge in [-0.2, -0.15) is 11.8 Å². The molecule has 1 atom stereocenters. The van der Waals surface area contributed by atoms with Crippen molar-refractivity contribution in [3.63, 3.8) is 0 Å². The topological polar surface area (TPSA) is 43.9 Å². The summed E-state index contributed by atoms with van der Waals surface area (Å²) in [4.78, 5) is 32.2. The van der Waals surface area contributed by atoms with Gasteiger partial charge in [-0.1, -0.05) is 25.0 Å². The molecule has 5 nitrogen and oxygen atoms in total. The van der Waals surface area contributed by atoms with Gasteiger partial charge in [-0.3, -0.25) is 14.5 Å². The zero-order valence-electron chi connectivity index (χ0n) is 16.9. The summed E-state index contributed by atoms with van der Waals surface area (Å²) < 4.78 is 14.0. The van der Waals surface area contributed by atoms with Crippen LogP contribution in [0.3, 0.4) is 0 Å². The van der Waals surface area contributed by atoms with Crippen molar-refractivity contribution in [3.05, 3.63) is 35.6 Å². The molecule has 0 radical (unpaired) electrons. The average molecular weight is 420 g/mol. The van der Waals surface area contributed by atoms with Crippen molar-refractivity contribution in [1.29, 1.82) is 0 Å². The summed E-state index contributed by atoms with van der Waals surface area (Å²) in [5.41, 5.74) is 0.134. The van der Waals surface area contributed by atoms with Crippen LogP contribution in [0.4, 0.5) is 4.39 Å². The Balaban J connectivity index is 1.43. The standard InChI is InChI=1S/C22H30FN3O2S/c23-19-8-4-3-7-18(19)21(27)25-11-9-24(10-12-25)20(17-5-1-2-6-17)22(28)26-13-15-29-16-14-26/h3-4,7-8,17,20H,1-2,5-6,9-16H2/t20-/m0/s1. The number of hydrogen-bond donors (Lipinski definition) is 0. The Bertz CT molecular complexity index is 727. The number of piperazine rings is 1. The highest BCUT2D eigenvalue weighted by molar-refractivity contribution is 7.99. The van der Waals surface area contributed by atoms with Crippen LogP contribution in [0.5, 0.6) is 0 Å². The summed E-state index contributed by atoms with van der Waals surface area (Å²) in [6.45, 7) is 4.13. The van der Waals surface area contributed by atoms with Crippen LogP contribution in [0.1, 0.15) is 36.0 Å². The molecule has 0 N–H and O–H groups in total. The summed E-state index contributed by atoms with van der Waals surface area (Å²) in [6, 6.07) is 6.10. The van der Waals surface area contributed by atoms with E-state index >= 15 is 0 Å². The summed E-state index contributed by atoms with van der Waals surface area (Å²) in [5.74, 6) is 2.03. The van der Waals surface area contributed by atoms with E-state index in [4.69, 9.17) is 0 Å². The maximum Gasteiger partial charge on any atom is 0.256 e. The van der Waals surface area contributed by atoms with Crippen LogP contribution in [0.25, 0.3) is 0 Å². The van der Waals surface area contributed by atoms with Gasteiger partial charge in [-0.25, -0.2) is 4.39 Å². The molecule has 7 heteroatoms. The zero-order valence-corrected chi connectivity index (χ0v) is 17.7. The molecule has 1 aliphatic carbocycles. The molecular formula is C22H30FN3O2S. The van der Waals surface area contributed by atoms with Gasteiger partial charge < -0.3 is 9.80 Å². The third kappa shape index (κ3) is 4.61. The van der Waals surface area contributed by atoms with Crippen LogP contribution in [0, 0.1) is 11.7 Å². The van der Waals surface area contributed by atoms with E-state index in [1.165, 1.54) is 18.9 Å². The number of thioether (sulfide) groups is 1. The van der Waals surface area contributed by atoms with E-state index in [0.29, 0.717) is 32.1 Å². The molecule has 2 heterocycles. The van der Waals surface area contributed by atoms with E-state index < -0.39 is 5.82 Å². The predicted molar refractivity (Wildman–Crippen MR) is 114 cm³/mol. The number of benzene rings is 1. The SMILES string of the molecule is O=C(c1ccccc1F)N1CCN([C@H](C(=O)N2CCSCC2)C2CCCC2)CC1. The Morgan fingerprint density at radius 3 is 2.24 bits per heavy atom. The zero-order chi connectivity index (χ0) is 20.2. The molecule has 0 aromatic heterocycles. The minimum absolute atomic E-state index is 0.0636. The molecule has 4 rings (SSSR count). The first-order chi connectivity index (χ1) is 14.1. The van der Waals surface area contributed by atoms with Crippen molar-refractivity contribution in [2.24, 2.45) is 5.92 Å². The molecule has 3 fully saturated rings. The number of carbonyl (C=O) groups excluding carboxylic acids is 2. The fraction of sp³-hybridized carbons (Fsp3) is 0.636. The number of rotatable bonds is 4. The summed E-state index contributed by atoms with van der Waals surface area (Å²) in [6.07, 6.45) is 4.65. The van der Waals surface area contributed by atoms with Crippen LogP contribution in [0.2, 0.25) is 0 Å². The quantitative estimate of drug-likeness (QED) is 0.753. The van der Waals surface area contributed by atoms with E-state index in [-0.39, 0.29) is 23.4 Å². The Morgan fingerprint density at radius 1 is 0.931 bits per heavy atom. The molecule has 1 aromatic carbocycles. The molecule has 0 spiro atoms. The smallest absolute Gasteiger partial charge is 0.256 e. The van der Waals surface area contributed by atoms with E-state index in [9.17, 15) is 14.0 Å². The Hall–Kier alpha value is -1.60. The van der Waals surface area contributed by atoms with Gasteiger partial charge in [-0.05, 0) is 30.9 Å². The van der Waals surface area contributed by atoms with Gasteiger partial charge in [0, 0.05) is 50.8 Å². The van der Waals surface area contributed by atoms with Gasteiger partial charge in [0.1, 0.15) is 5.82 Å². The first-order valence-electron chi connectivity index (χ1n) is 10.8. The highest BCUT2D eigenvalue weighted by Gasteiger charge is 2.39. The van der Waals surface area contributed by atoms with Crippen LogP contribution in [-0.2, 0) is 4.79 Å². The molecular weight excluding hydrogens is 389 g/mol. The molecule has 29 heavy (non-hydrogen) atoms. The molecule has 2 saturated heterocycles. The number of hydrogen-bond acceptors (Lipinski definition) is 4. The van der Waals surface area contributed by atoms with Crippen molar-refractivity contribution in [1.82, 2.24) is 14.7 Å². The summed E-state index contributed by atoms with van der Waals surface area (Å²) >= 11 is 1.92. The Labute approximate surface area is 176 Å². The van der Waals surface area contributed by atoms with Gasteiger partial charge in [0.25, 0.3) is 5.91 Å². The Morgan fingerprint density at radius 2 is 1.59 bits per heavy atom. The minimum Gasteiger partial charge on any atom is -0.340 e. The number of halogens is 1. The van der Waals surface area contributed by atoms with Crippen LogP contribution in [0.15, 0.2) is 24.3 Å². The van der Waals surface area contributed by atoms with Gasteiger partial charge in [0.2, 0.25) is 5.91 Å². The van der Waals surface area contributed by atoms with Crippen LogP contribution in [-0.4, -0.2) is 83.3 Å². The van der Waals surface area contributed by atoms with Crippen molar-refractivity contribution >= 4 is 23.6 Å². The van der Waals surface area contributed by atoms with Crippen LogP contribution >= 0.6 is 11.8 Å². The van der Waals surface area contributed by atoms with E-state index in [1.54, 1.807) is 23.1 Å². The summed E-state index contributed by atoms with van der Waals surface area (Å²) in [7, 11) is 0. The Kier molecular flexibility index (Phi) is 6.75. The largest absolute Gasteiger partial charge is 0.340 e. The normalized spacial score (nSPS) is 22.7. The lowest BCUT2D eigenvalue weighted by Crippen LogP contribution is -2.59. The van der Waals surface area contributed by atoms with E-state index in [1.807, 2.05) is 11.8 Å². The lowest BCUT2D eigenvalue weighted by Gasteiger charge is -2.43. The molecule has 2 aliphatic heterocycles. The molecule has 1 aromatic rings. The van der Waals surface area contributed by atoms with Crippen molar-refractivity contribution in [3.8, 4) is 0 Å². The second kappa shape index (κ2) is 9.47. The minimum atomic E-state index is -0.470. The molecule has 0 bridgehead atoms. The fourth-order valence-electron chi connectivity index (χ4n) is 4.91. The molecule has 158 valence electrons. The lowest BCUT2D eigenvalue weighted by molar-refractivity contribution is -0.139. The van der Waals surface area contributed by atoms with Gasteiger partial charge in [0.15, 0.2) is 0 Å². The highest BCUT2D eigenvalue weighted by Crippen LogP contribution is 2.32. The molecule has 2 amide bonds. The predicted octanol–water partition coefficient (Wildman–Crippen LogP) is 2.72. The molecule has 3 aliphatic rings. The van der Waals surface area contributed by atoms with Gasteiger partial charge in [0.05, 0.1) is 11.6 Å². The van der Waals surface area contributed by atoms with Crippen LogP contribution < -0.4 is 0 Å². The number of nitrogens with zero attached hydrogens (tertiary/aromatic N) is 3. The second-order valence-electron chi connectivity index (χ2n) is 8.24. The maximum absolute atomic E-state index is 14.0.